The molecule has 0 bridgehead atoms. The molecule has 0 atom stereocenters. The number of hydrogen-bond acceptors (Lipinski definition) is 4. The molecule has 1 aromatic rings. The van der Waals surface area contributed by atoms with Gasteiger partial charge < -0.3 is 15.4 Å². The monoisotopic (exact) mass is 374 g/mol. The van der Waals surface area contributed by atoms with Crippen LogP contribution in [0.5, 0.6) is 0 Å². The molecular weight excluding hydrogens is 352 g/mol. The summed E-state index contributed by atoms with van der Waals surface area (Å²) >= 11 is 5.95. The number of nitrogens with one attached hydrogen (secondary N) is 2. The van der Waals surface area contributed by atoms with Crippen molar-refractivity contribution in [2.75, 3.05) is 45.6 Å². The lowest BCUT2D eigenvalue weighted by Crippen LogP contribution is -2.45. The maximum absolute atomic E-state index is 12.2. The van der Waals surface area contributed by atoms with Crippen molar-refractivity contribution in [3.8, 4) is 0 Å². The molecule has 0 unspecified atom stereocenters. The lowest BCUT2D eigenvalue weighted by Gasteiger charge is -2.26. The van der Waals surface area contributed by atoms with Crippen molar-refractivity contribution in [3.05, 3.63) is 34.9 Å². The smallest absolute Gasteiger partial charge is 0.215 e. The van der Waals surface area contributed by atoms with Crippen molar-refractivity contribution in [2.24, 2.45) is 4.99 Å². The van der Waals surface area contributed by atoms with Crippen molar-refractivity contribution in [3.63, 3.8) is 0 Å². The predicted octanol–water partition coefficient (Wildman–Crippen LogP) is 0.667. The van der Waals surface area contributed by atoms with E-state index in [9.17, 15) is 8.42 Å². The van der Waals surface area contributed by atoms with Crippen LogP contribution in [0.25, 0.3) is 0 Å². The lowest BCUT2D eigenvalue weighted by atomic mass is 10.2. The summed E-state index contributed by atoms with van der Waals surface area (Å²) in [6, 6.07) is 7.51. The number of hydrogen-bond donors (Lipinski definition) is 2. The van der Waals surface area contributed by atoms with Gasteiger partial charge in [0.25, 0.3) is 0 Å². The highest BCUT2D eigenvalue weighted by Crippen LogP contribution is 2.10. The quantitative estimate of drug-likeness (QED) is 0.564. The summed E-state index contributed by atoms with van der Waals surface area (Å²) < 4.78 is 31.1. The standard InChI is InChI=1S/C15H23ClN4O3S/c1-17-15(19-12-13-3-2-4-14(16)11-13)18-5-10-24(21,22)20-6-8-23-9-7-20/h2-4,11H,5-10,12H2,1H3,(H2,17,18,19). The van der Waals surface area contributed by atoms with Crippen LogP contribution >= 0.6 is 11.6 Å². The van der Waals surface area contributed by atoms with Gasteiger partial charge in [-0.25, -0.2) is 8.42 Å². The van der Waals surface area contributed by atoms with E-state index in [1.54, 1.807) is 7.05 Å². The highest BCUT2D eigenvalue weighted by molar-refractivity contribution is 7.89. The first kappa shape index (κ1) is 19.0. The maximum atomic E-state index is 12.2. The van der Waals surface area contributed by atoms with E-state index >= 15 is 0 Å². The molecule has 9 heteroatoms. The first-order valence-corrected chi connectivity index (χ1v) is 9.74. The first-order chi connectivity index (χ1) is 11.5. The van der Waals surface area contributed by atoms with Crippen molar-refractivity contribution < 1.29 is 13.2 Å². The number of guanidine groups is 1. The highest BCUT2D eigenvalue weighted by Gasteiger charge is 2.23. The maximum Gasteiger partial charge on any atom is 0.215 e. The molecule has 7 nitrogen and oxygen atoms in total. The van der Waals surface area contributed by atoms with Crippen LogP contribution in [0.15, 0.2) is 29.3 Å². The van der Waals surface area contributed by atoms with Gasteiger partial charge in [0.05, 0.1) is 19.0 Å². The molecule has 0 amide bonds. The third kappa shape index (κ3) is 5.94. The minimum absolute atomic E-state index is 0.0187. The van der Waals surface area contributed by atoms with E-state index in [0.717, 1.165) is 5.56 Å². The minimum Gasteiger partial charge on any atom is -0.379 e. The molecule has 1 aromatic carbocycles. The van der Waals surface area contributed by atoms with Gasteiger partial charge in [0, 0.05) is 38.2 Å². The van der Waals surface area contributed by atoms with E-state index in [1.807, 2.05) is 24.3 Å². The van der Waals surface area contributed by atoms with Crippen LogP contribution in [-0.4, -0.2) is 64.3 Å². The van der Waals surface area contributed by atoms with Gasteiger partial charge >= 0.3 is 0 Å². The Labute approximate surface area is 148 Å². The molecular formula is C15H23ClN4O3S. The van der Waals surface area contributed by atoms with Gasteiger partial charge in [-0.3, -0.25) is 4.99 Å². The molecule has 1 aliphatic rings. The highest BCUT2D eigenvalue weighted by atomic mass is 35.5. The Kier molecular flexibility index (Phi) is 7.29. The molecule has 0 aliphatic carbocycles. The van der Waals surface area contributed by atoms with Gasteiger partial charge in [-0.1, -0.05) is 23.7 Å². The van der Waals surface area contributed by atoms with E-state index in [2.05, 4.69) is 15.6 Å². The Morgan fingerprint density at radius 2 is 2.08 bits per heavy atom. The largest absolute Gasteiger partial charge is 0.379 e. The summed E-state index contributed by atoms with van der Waals surface area (Å²) in [4.78, 5) is 4.09. The summed E-state index contributed by atoms with van der Waals surface area (Å²) in [5.74, 6) is 0.567. The summed E-state index contributed by atoms with van der Waals surface area (Å²) in [6.45, 7) is 2.59. The van der Waals surface area contributed by atoms with Gasteiger partial charge in [0.15, 0.2) is 5.96 Å². The summed E-state index contributed by atoms with van der Waals surface area (Å²) in [6.07, 6.45) is 0. The number of halogens is 1. The van der Waals surface area contributed by atoms with Crippen LogP contribution in [0, 0.1) is 0 Å². The third-order valence-electron chi connectivity index (χ3n) is 3.59. The summed E-state index contributed by atoms with van der Waals surface area (Å²) in [5.41, 5.74) is 1.02. The predicted molar refractivity (Wildman–Crippen MR) is 95.8 cm³/mol. The van der Waals surface area contributed by atoms with Gasteiger partial charge in [0.2, 0.25) is 10.0 Å². The van der Waals surface area contributed by atoms with Crippen molar-refractivity contribution in [1.29, 1.82) is 0 Å². The minimum atomic E-state index is -3.27. The zero-order chi connectivity index (χ0) is 17.4. The van der Waals surface area contributed by atoms with Crippen molar-refractivity contribution >= 4 is 27.6 Å². The number of ether oxygens (including phenoxy) is 1. The average molecular weight is 375 g/mol. The molecule has 24 heavy (non-hydrogen) atoms. The third-order valence-corrected chi connectivity index (χ3v) is 5.70. The molecule has 134 valence electrons. The van der Waals surface area contributed by atoms with E-state index < -0.39 is 10.0 Å². The second-order valence-corrected chi connectivity index (χ2v) is 7.83. The Bertz CT molecular complexity index is 660. The van der Waals surface area contributed by atoms with E-state index in [-0.39, 0.29) is 12.3 Å². The second-order valence-electron chi connectivity index (χ2n) is 5.31. The molecule has 1 aliphatic heterocycles. The van der Waals surface area contributed by atoms with Crippen LogP contribution < -0.4 is 10.6 Å². The SMILES string of the molecule is CN=C(NCCS(=O)(=O)N1CCOCC1)NCc1cccc(Cl)c1. The van der Waals surface area contributed by atoms with Crippen molar-refractivity contribution in [2.45, 2.75) is 6.54 Å². The lowest BCUT2D eigenvalue weighted by molar-refractivity contribution is 0.0730. The molecule has 2 rings (SSSR count). The fraction of sp³-hybridized carbons (Fsp3) is 0.533. The van der Waals surface area contributed by atoms with Gasteiger partial charge in [-0.15, -0.1) is 0 Å². The van der Waals surface area contributed by atoms with Crippen LogP contribution in [0.3, 0.4) is 0 Å². The number of rotatable bonds is 6. The molecule has 1 fully saturated rings. The van der Waals surface area contributed by atoms with Crippen molar-refractivity contribution in [1.82, 2.24) is 14.9 Å². The van der Waals surface area contributed by atoms with E-state index in [0.29, 0.717) is 43.8 Å². The Hall–Kier alpha value is -1.35. The average Bonchev–Trinajstić information content (AvgIpc) is 2.58. The molecule has 0 saturated carbocycles. The Balaban J connectivity index is 1.77. The molecule has 1 saturated heterocycles. The normalized spacial score (nSPS) is 16.8. The molecule has 1 heterocycles. The van der Waals surface area contributed by atoms with Gasteiger partial charge in [-0.2, -0.15) is 4.31 Å². The Morgan fingerprint density at radius 3 is 2.75 bits per heavy atom. The first-order valence-electron chi connectivity index (χ1n) is 7.76. The number of sulfonamides is 1. The topological polar surface area (TPSA) is 83.0 Å². The summed E-state index contributed by atoms with van der Waals surface area (Å²) in [7, 11) is -1.63. The van der Waals surface area contributed by atoms with Gasteiger partial charge in [-0.05, 0) is 17.7 Å². The molecule has 0 aromatic heterocycles. The zero-order valence-corrected chi connectivity index (χ0v) is 15.2. The number of morpholine rings is 1. The van der Waals surface area contributed by atoms with Crippen LogP contribution in [-0.2, 0) is 21.3 Å². The Morgan fingerprint density at radius 1 is 1.33 bits per heavy atom. The number of aliphatic imine (C=N–C) groups is 1. The van der Waals surface area contributed by atoms with E-state index in [1.165, 1.54) is 4.31 Å². The fourth-order valence-electron chi connectivity index (χ4n) is 2.31. The molecule has 0 radical (unpaired) electrons. The van der Waals surface area contributed by atoms with Crippen LogP contribution in [0.1, 0.15) is 5.56 Å². The van der Waals surface area contributed by atoms with Crippen LogP contribution in [0.4, 0.5) is 0 Å². The molecule has 2 N–H and O–H groups in total. The zero-order valence-electron chi connectivity index (χ0n) is 13.7. The fourth-order valence-corrected chi connectivity index (χ4v) is 3.84. The van der Waals surface area contributed by atoms with Gasteiger partial charge in [0.1, 0.15) is 0 Å². The number of nitrogens with zero attached hydrogens (tertiary/aromatic N) is 2. The van der Waals surface area contributed by atoms with E-state index in [4.69, 9.17) is 16.3 Å². The van der Waals surface area contributed by atoms with Crippen LogP contribution in [0.2, 0.25) is 5.02 Å². The summed E-state index contributed by atoms with van der Waals surface area (Å²) in [5, 5.41) is 6.82. The molecule has 0 spiro atoms. The second kappa shape index (κ2) is 9.22. The number of benzene rings is 1.